The van der Waals surface area contributed by atoms with Gasteiger partial charge in [-0.1, -0.05) is 12.1 Å². The first-order chi connectivity index (χ1) is 9.37. The Kier molecular flexibility index (Phi) is 3.88. The van der Waals surface area contributed by atoms with Crippen molar-refractivity contribution in [2.45, 2.75) is 26.4 Å². The van der Waals surface area contributed by atoms with Gasteiger partial charge in [-0.2, -0.15) is 0 Å². The molecule has 20 heavy (non-hydrogen) atoms. The predicted molar refractivity (Wildman–Crippen MR) is 80.3 cm³/mol. The van der Waals surface area contributed by atoms with E-state index in [1.165, 1.54) is 0 Å². The zero-order valence-corrected chi connectivity index (χ0v) is 12.2. The fraction of sp³-hybridized carbons (Fsp3) is 0.400. The molecule has 0 saturated carbocycles. The highest BCUT2D eigenvalue weighted by Crippen LogP contribution is 2.24. The SMILES string of the molecule is CC(C)(C)OC(=O)N1C=CN(c2ccccc2N)CC1. The van der Waals surface area contributed by atoms with Crippen LogP contribution >= 0.6 is 0 Å². The standard InChI is InChI=1S/C15H21N3O2/c1-15(2,3)20-14(19)18-10-8-17(9-11-18)13-7-5-4-6-12(13)16/h4-8,10H,9,11,16H2,1-3H3. The minimum atomic E-state index is -0.480. The molecule has 1 aromatic carbocycles. The molecule has 1 heterocycles. The van der Waals surface area contributed by atoms with Crippen molar-refractivity contribution in [3.63, 3.8) is 0 Å². The van der Waals surface area contributed by atoms with Crippen LogP contribution in [-0.4, -0.2) is 29.7 Å². The number of anilines is 2. The highest BCUT2D eigenvalue weighted by Gasteiger charge is 2.23. The summed E-state index contributed by atoms with van der Waals surface area (Å²) in [6, 6.07) is 7.67. The molecule has 1 aromatic rings. The van der Waals surface area contributed by atoms with Gasteiger partial charge in [0.25, 0.3) is 0 Å². The lowest BCUT2D eigenvalue weighted by Crippen LogP contribution is -2.41. The molecular formula is C15H21N3O2. The maximum absolute atomic E-state index is 11.9. The minimum absolute atomic E-state index is 0.325. The fourth-order valence-electron chi connectivity index (χ4n) is 1.95. The van der Waals surface area contributed by atoms with E-state index in [0.29, 0.717) is 13.1 Å². The summed E-state index contributed by atoms with van der Waals surface area (Å²) in [5.41, 5.74) is 7.14. The van der Waals surface area contributed by atoms with Crippen LogP contribution in [0.4, 0.5) is 16.2 Å². The van der Waals surface area contributed by atoms with Gasteiger partial charge in [0.15, 0.2) is 0 Å². The van der Waals surface area contributed by atoms with Crippen molar-refractivity contribution in [1.29, 1.82) is 0 Å². The second-order valence-electron chi connectivity index (χ2n) is 5.72. The lowest BCUT2D eigenvalue weighted by atomic mass is 10.2. The van der Waals surface area contributed by atoms with Crippen molar-refractivity contribution in [3.05, 3.63) is 36.7 Å². The number of nitrogen functional groups attached to an aromatic ring is 1. The molecule has 5 heteroatoms. The van der Waals surface area contributed by atoms with E-state index in [0.717, 1.165) is 11.4 Å². The van der Waals surface area contributed by atoms with E-state index >= 15 is 0 Å². The molecule has 1 aliphatic heterocycles. The van der Waals surface area contributed by atoms with Crippen molar-refractivity contribution >= 4 is 17.5 Å². The maximum atomic E-state index is 11.9. The van der Waals surface area contributed by atoms with Gasteiger partial charge in [-0.3, -0.25) is 4.90 Å². The predicted octanol–water partition coefficient (Wildman–Crippen LogP) is 2.80. The first kappa shape index (κ1) is 14.2. The zero-order valence-electron chi connectivity index (χ0n) is 12.2. The van der Waals surface area contributed by atoms with E-state index in [-0.39, 0.29) is 6.09 Å². The van der Waals surface area contributed by atoms with Crippen molar-refractivity contribution in [2.75, 3.05) is 23.7 Å². The number of benzene rings is 1. The Hall–Kier alpha value is -2.17. The van der Waals surface area contributed by atoms with E-state index in [9.17, 15) is 4.79 Å². The number of amides is 1. The van der Waals surface area contributed by atoms with Crippen molar-refractivity contribution < 1.29 is 9.53 Å². The third-order valence-electron chi connectivity index (χ3n) is 2.88. The molecule has 0 fully saturated rings. The smallest absolute Gasteiger partial charge is 0.414 e. The lowest BCUT2D eigenvalue weighted by molar-refractivity contribution is 0.0334. The van der Waals surface area contributed by atoms with E-state index in [1.807, 2.05) is 56.1 Å². The van der Waals surface area contributed by atoms with Crippen molar-refractivity contribution in [3.8, 4) is 0 Å². The van der Waals surface area contributed by atoms with E-state index in [1.54, 1.807) is 11.1 Å². The number of rotatable bonds is 1. The molecule has 5 nitrogen and oxygen atoms in total. The topological polar surface area (TPSA) is 58.8 Å². The van der Waals surface area contributed by atoms with Crippen molar-refractivity contribution in [1.82, 2.24) is 4.90 Å². The average Bonchev–Trinajstić information content (AvgIpc) is 2.37. The van der Waals surface area contributed by atoms with Crippen LogP contribution in [0.2, 0.25) is 0 Å². The van der Waals surface area contributed by atoms with Crippen LogP contribution in [0.5, 0.6) is 0 Å². The molecule has 0 saturated heterocycles. The van der Waals surface area contributed by atoms with E-state index in [2.05, 4.69) is 0 Å². The van der Waals surface area contributed by atoms with Crippen LogP contribution in [0.25, 0.3) is 0 Å². The number of carbonyl (C=O) groups is 1. The van der Waals surface area contributed by atoms with Gasteiger partial charge in [0.2, 0.25) is 0 Å². The molecule has 0 aliphatic carbocycles. The Labute approximate surface area is 119 Å². The van der Waals surface area contributed by atoms with Gasteiger partial charge >= 0.3 is 6.09 Å². The van der Waals surface area contributed by atoms with Crippen LogP contribution in [0.3, 0.4) is 0 Å². The van der Waals surface area contributed by atoms with Gasteiger partial charge in [-0.15, -0.1) is 0 Å². The Bertz CT molecular complexity index is 520. The molecule has 1 aliphatic rings. The largest absolute Gasteiger partial charge is 0.443 e. The van der Waals surface area contributed by atoms with Gasteiger partial charge in [0.05, 0.1) is 11.4 Å². The number of hydrogen-bond acceptors (Lipinski definition) is 4. The Morgan fingerprint density at radius 2 is 1.90 bits per heavy atom. The van der Waals surface area contributed by atoms with Gasteiger partial charge in [0.1, 0.15) is 5.60 Å². The summed E-state index contributed by atoms with van der Waals surface area (Å²) < 4.78 is 5.33. The number of nitrogens with two attached hydrogens (primary N) is 1. The highest BCUT2D eigenvalue weighted by atomic mass is 16.6. The molecule has 0 bridgehead atoms. The molecule has 0 spiro atoms. The van der Waals surface area contributed by atoms with Crippen LogP contribution in [0, 0.1) is 0 Å². The molecule has 2 rings (SSSR count). The van der Waals surface area contributed by atoms with Gasteiger partial charge < -0.3 is 15.4 Å². The quantitative estimate of drug-likeness (QED) is 0.801. The maximum Gasteiger partial charge on any atom is 0.414 e. The van der Waals surface area contributed by atoms with Crippen molar-refractivity contribution in [2.24, 2.45) is 0 Å². The fourth-order valence-corrected chi connectivity index (χ4v) is 1.95. The molecule has 0 unspecified atom stereocenters. The minimum Gasteiger partial charge on any atom is -0.443 e. The van der Waals surface area contributed by atoms with E-state index < -0.39 is 5.60 Å². The number of carbonyl (C=O) groups excluding carboxylic acids is 1. The number of nitrogens with zero attached hydrogens (tertiary/aromatic N) is 2. The number of ether oxygens (including phenoxy) is 1. The first-order valence-electron chi connectivity index (χ1n) is 6.66. The second-order valence-corrected chi connectivity index (χ2v) is 5.72. The van der Waals surface area contributed by atoms with Crippen LogP contribution in [-0.2, 0) is 4.74 Å². The van der Waals surface area contributed by atoms with Gasteiger partial charge in [-0.25, -0.2) is 4.79 Å². The molecular weight excluding hydrogens is 254 g/mol. The van der Waals surface area contributed by atoms with E-state index in [4.69, 9.17) is 10.5 Å². The summed E-state index contributed by atoms with van der Waals surface area (Å²) in [5, 5.41) is 0. The Morgan fingerprint density at radius 1 is 1.20 bits per heavy atom. The summed E-state index contributed by atoms with van der Waals surface area (Å²) in [6.07, 6.45) is 3.25. The van der Waals surface area contributed by atoms with Crippen LogP contribution in [0.15, 0.2) is 36.7 Å². The average molecular weight is 275 g/mol. The number of hydrogen-bond donors (Lipinski definition) is 1. The molecule has 108 valence electrons. The second kappa shape index (κ2) is 5.45. The molecule has 1 amide bonds. The molecule has 2 N–H and O–H groups in total. The van der Waals surface area contributed by atoms with Crippen LogP contribution < -0.4 is 10.6 Å². The Balaban J connectivity index is 2.04. The summed E-state index contributed by atoms with van der Waals surface area (Å²) in [4.78, 5) is 15.5. The normalized spacial score (nSPS) is 15.3. The number of para-hydroxylation sites is 2. The summed E-state index contributed by atoms with van der Waals surface area (Å²) in [5.74, 6) is 0. The molecule has 0 aromatic heterocycles. The molecule has 0 atom stereocenters. The summed E-state index contributed by atoms with van der Waals surface area (Å²) in [6.45, 7) is 6.82. The Morgan fingerprint density at radius 3 is 2.45 bits per heavy atom. The third kappa shape index (κ3) is 3.44. The lowest BCUT2D eigenvalue weighted by Gasteiger charge is -2.32. The van der Waals surface area contributed by atoms with Gasteiger partial charge in [-0.05, 0) is 32.9 Å². The first-order valence-corrected chi connectivity index (χ1v) is 6.66. The third-order valence-corrected chi connectivity index (χ3v) is 2.88. The van der Waals surface area contributed by atoms with Gasteiger partial charge in [0, 0.05) is 25.5 Å². The van der Waals surface area contributed by atoms with Crippen LogP contribution in [0.1, 0.15) is 20.8 Å². The summed E-state index contributed by atoms with van der Waals surface area (Å²) >= 11 is 0. The monoisotopic (exact) mass is 275 g/mol. The zero-order chi connectivity index (χ0) is 14.8. The highest BCUT2D eigenvalue weighted by molar-refractivity contribution is 5.72. The summed E-state index contributed by atoms with van der Waals surface area (Å²) in [7, 11) is 0. The molecule has 0 radical (unpaired) electrons.